The third-order valence-corrected chi connectivity index (χ3v) is 3.39. The number of benzene rings is 1. The molecule has 0 amide bonds. The summed E-state index contributed by atoms with van der Waals surface area (Å²) in [6, 6.07) is 8.96. The molecule has 5 heteroatoms. The maximum absolute atomic E-state index is 11.5. The van der Waals surface area contributed by atoms with Gasteiger partial charge in [-0.1, -0.05) is 29.8 Å². The van der Waals surface area contributed by atoms with Crippen LogP contribution in [0.4, 0.5) is 0 Å². The van der Waals surface area contributed by atoms with E-state index in [0.29, 0.717) is 23.0 Å². The molecule has 1 heterocycles. The second-order valence-electron chi connectivity index (χ2n) is 4.67. The number of aromatic nitrogens is 2. The normalized spacial score (nSPS) is 12.2. The molecule has 1 aromatic carbocycles. The standard InChI is InChI=1S/C15H15ClN2O2/c1-9-7-14(18-10(2)17-9)12(15(19)20)8-11-5-3-4-6-13(11)16/h3-7,12H,8H2,1-2H3,(H,19,20). The zero-order valence-corrected chi connectivity index (χ0v) is 12.1. The van der Waals surface area contributed by atoms with Gasteiger partial charge in [0.25, 0.3) is 0 Å². The first-order valence-corrected chi connectivity index (χ1v) is 6.63. The summed E-state index contributed by atoms with van der Waals surface area (Å²) in [6.07, 6.45) is 0.310. The molecule has 1 N–H and O–H groups in total. The molecule has 1 aromatic heterocycles. The number of halogens is 1. The summed E-state index contributed by atoms with van der Waals surface area (Å²) in [7, 11) is 0. The van der Waals surface area contributed by atoms with Gasteiger partial charge in [-0.15, -0.1) is 0 Å². The van der Waals surface area contributed by atoms with Gasteiger partial charge in [-0.3, -0.25) is 4.79 Å². The third-order valence-electron chi connectivity index (χ3n) is 3.02. The summed E-state index contributed by atoms with van der Waals surface area (Å²) in [4.78, 5) is 20.0. The number of hydrogen-bond donors (Lipinski definition) is 1. The average molecular weight is 291 g/mol. The lowest BCUT2D eigenvalue weighted by molar-refractivity contribution is -0.138. The van der Waals surface area contributed by atoms with Crippen molar-refractivity contribution in [3.05, 3.63) is 58.1 Å². The average Bonchev–Trinajstić information content (AvgIpc) is 2.36. The Bertz CT molecular complexity index is 623. The van der Waals surface area contributed by atoms with E-state index in [1.807, 2.05) is 25.1 Å². The molecule has 0 aliphatic heterocycles. The molecule has 0 saturated heterocycles. The highest BCUT2D eigenvalue weighted by atomic mass is 35.5. The van der Waals surface area contributed by atoms with Crippen LogP contribution in [0.2, 0.25) is 5.02 Å². The number of carbonyl (C=O) groups is 1. The highest BCUT2D eigenvalue weighted by molar-refractivity contribution is 6.31. The highest BCUT2D eigenvalue weighted by Crippen LogP contribution is 2.24. The molecule has 0 radical (unpaired) electrons. The van der Waals surface area contributed by atoms with Crippen LogP contribution in [-0.2, 0) is 11.2 Å². The molecular formula is C15H15ClN2O2. The number of aryl methyl sites for hydroxylation is 2. The van der Waals surface area contributed by atoms with E-state index in [9.17, 15) is 9.90 Å². The molecule has 0 aliphatic rings. The van der Waals surface area contributed by atoms with Gasteiger partial charge in [0.15, 0.2) is 0 Å². The number of hydrogen-bond acceptors (Lipinski definition) is 3. The molecule has 0 saturated carbocycles. The first-order chi connectivity index (χ1) is 9.47. The minimum atomic E-state index is -0.914. The van der Waals surface area contributed by atoms with E-state index in [1.54, 1.807) is 19.1 Å². The Morgan fingerprint density at radius 1 is 1.30 bits per heavy atom. The topological polar surface area (TPSA) is 63.1 Å². The van der Waals surface area contributed by atoms with E-state index in [0.717, 1.165) is 11.3 Å². The predicted molar refractivity (Wildman–Crippen MR) is 77.0 cm³/mol. The Kier molecular flexibility index (Phi) is 4.35. The van der Waals surface area contributed by atoms with Crippen molar-refractivity contribution in [2.24, 2.45) is 0 Å². The third kappa shape index (κ3) is 3.33. The first-order valence-electron chi connectivity index (χ1n) is 6.25. The number of aliphatic carboxylic acids is 1. The Hall–Kier alpha value is -1.94. The van der Waals surface area contributed by atoms with Crippen LogP contribution in [0.3, 0.4) is 0 Å². The zero-order chi connectivity index (χ0) is 14.7. The molecule has 1 unspecified atom stereocenters. The van der Waals surface area contributed by atoms with Crippen LogP contribution in [0.1, 0.15) is 28.7 Å². The SMILES string of the molecule is Cc1cc(C(Cc2ccccc2Cl)C(=O)O)nc(C)n1. The summed E-state index contributed by atoms with van der Waals surface area (Å²) in [5, 5.41) is 10.0. The Morgan fingerprint density at radius 3 is 2.60 bits per heavy atom. The van der Waals surface area contributed by atoms with Crippen molar-refractivity contribution >= 4 is 17.6 Å². The van der Waals surface area contributed by atoms with Gasteiger partial charge in [-0.05, 0) is 38.0 Å². The van der Waals surface area contributed by atoms with E-state index in [-0.39, 0.29) is 0 Å². The molecule has 0 fully saturated rings. The van der Waals surface area contributed by atoms with Gasteiger partial charge in [0, 0.05) is 10.7 Å². The fraction of sp³-hybridized carbons (Fsp3) is 0.267. The summed E-state index contributed by atoms with van der Waals surface area (Å²) >= 11 is 6.10. The number of carboxylic acids is 1. The molecular weight excluding hydrogens is 276 g/mol. The van der Waals surface area contributed by atoms with Crippen molar-refractivity contribution < 1.29 is 9.90 Å². The number of rotatable bonds is 4. The molecule has 1 atom stereocenters. The van der Waals surface area contributed by atoms with E-state index in [1.165, 1.54) is 0 Å². The van der Waals surface area contributed by atoms with Gasteiger partial charge in [0.05, 0.1) is 5.69 Å². The van der Waals surface area contributed by atoms with Gasteiger partial charge >= 0.3 is 5.97 Å². The van der Waals surface area contributed by atoms with E-state index in [2.05, 4.69) is 9.97 Å². The van der Waals surface area contributed by atoms with Crippen molar-refractivity contribution in [2.75, 3.05) is 0 Å². The minimum Gasteiger partial charge on any atom is -0.481 e. The van der Waals surface area contributed by atoms with Crippen molar-refractivity contribution in [1.82, 2.24) is 9.97 Å². The second-order valence-corrected chi connectivity index (χ2v) is 5.07. The molecule has 0 bridgehead atoms. The fourth-order valence-corrected chi connectivity index (χ4v) is 2.34. The molecule has 4 nitrogen and oxygen atoms in total. The zero-order valence-electron chi connectivity index (χ0n) is 11.3. The molecule has 2 aromatic rings. The van der Waals surface area contributed by atoms with Gasteiger partial charge in [-0.2, -0.15) is 0 Å². The lowest BCUT2D eigenvalue weighted by Crippen LogP contribution is -2.17. The lowest BCUT2D eigenvalue weighted by Gasteiger charge is -2.14. The van der Waals surface area contributed by atoms with Crippen LogP contribution in [-0.4, -0.2) is 21.0 Å². The van der Waals surface area contributed by atoms with Crippen molar-refractivity contribution in [3.8, 4) is 0 Å². The molecule has 2 rings (SSSR count). The van der Waals surface area contributed by atoms with Crippen molar-refractivity contribution in [3.63, 3.8) is 0 Å². The fourth-order valence-electron chi connectivity index (χ4n) is 2.13. The Balaban J connectivity index is 2.37. The lowest BCUT2D eigenvalue weighted by atomic mass is 9.95. The summed E-state index contributed by atoms with van der Waals surface area (Å²) in [6.45, 7) is 3.58. The van der Waals surface area contributed by atoms with Gasteiger partial charge in [-0.25, -0.2) is 9.97 Å². The number of carboxylic acid groups (broad SMARTS) is 1. The Morgan fingerprint density at radius 2 is 2.00 bits per heavy atom. The Labute approximate surface area is 122 Å². The van der Waals surface area contributed by atoms with Crippen LogP contribution >= 0.6 is 11.6 Å². The number of nitrogens with zero attached hydrogens (tertiary/aromatic N) is 2. The van der Waals surface area contributed by atoms with Gasteiger partial charge in [0.1, 0.15) is 11.7 Å². The summed E-state index contributed by atoms with van der Waals surface area (Å²) < 4.78 is 0. The monoisotopic (exact) mass is 290 g/mol. The van der Waals surface area contributed by atoms with Crippen molar-refractivity contribution in [2.45, 2.75) is 26.2 Å². The van der Waals surface area contributed by atoms with E-state index >= 15 is 0 Å². The summed E-state index contributed by atoms with van der Waals surface area (Å²) in [5.74, 6) is -1.07. The molecule has 0 aliphatic carbocycles. The summed E-state index contributed by atoms with van der Waals surface area (Å²) in [5.41, 5.74) is 2.08. The molecule has 104 valence electrons. The first kappa shape index (κ1) is 14.5. The van der Waals surface area contributed by atoms with Crippen LogP contribution in [0, 0.1) is 13.8 Å². The van der Waals surface area contributed by atoms with Gasteiger partial charge < -0.3 is 5.11 Å². The predicted octanol–water partition coefficient (Wildman–Crippen LogP) is 3.16. The molecule has 0 spiro atoms. The minimum absolute atomic E-state index is 0.310. The largest absolute Gasteiger partial charge is 0.481 e. The molecule has 20 heavy (non-hydrogen) atoms. The maximum atomic E-state index is 11.5. The second kappa shape index (κ2) is 6.01. The van der Waals surface area contributed by atoms with Crippen molar-refractivity contribution in [1.29, 1.82) is 0 Å². The van der Waals surface area contributed by atoms with Crippen LogP contribution < -0.4 is 0 Å². The van der Waals surface area contributed by atoms with Crippen LogP contribution in [0.15, 0.2) is 30.3 Å². The smallest absolute Gasteiger partial charge is 0.312 e. The van der Waals surface area contributed by atoms with Crippen LogP contribution in [0.5, 0.6) is 0 Å². The van der Waals surface area contributed by atoms with Crippen LogP contribution in [0.25, 0.3) is 0 Å². The maximum Gasteiger partial charge on any atom is 0.312 e. The quantitative estimate of drug-likeness (QED) is 0.939. The van der Waals surface area contributed by atoms with E-state index in [4.69, 9.17) is 11.6 Å². The highest BCUT2D eigenvalue weighted by Gasteiger charge is 2.23. The van der Waals surface area contributed by atoms with Gasteiger partial charge in [0.2, 0.25) is 0 Å². The van der Waals surface area contributed by atoms with E-state index < -0.39 is 11.9 Å².